The maximum Gasteiger partial charge on any atom is 0.193 e. The minimum atomic E-state index is 0.401. The third kappa shape index (κ3) is 3.02. The second-order valence-corrected chi connectivity index (χ2v) is 6.54. The van der Waals surface area contributed by atoms with E-state index in [0.717, 1.165) is 31.3 Å². The molecule has 1 aromatic heterocycles. The minimum Gasteiger partial charge on any atom is -0.351 e. The highest BCUT2D eigenvalue weighted by Gasteiger charge is 2.30. The molecule has 0 saturated carbocycles. The van der Waals surface area contributed by atoms with Gasteiger partial charge in [-0.05, 0) is 18.8 Å². The summed E-state index contributed by atoms with van der Waals surface area (Å²) < 4.78 is 0. The summed E-state index contributed by atoms with van der Waals surface area (Å²) in [4.78, 5) is 12.3. The fourth-order valence-electron chi connectivity index (χ4n) is 2.28. The van der Waals surface area contributed by atoms with E-state index in [-0.39, 0.29) is 0 Å². The van der Waals surface area contributed by atoms with Gasteiger partial charge in [-0.25, -0.2) is 4.98 Å². The highest BCUT2D eigenvalue weighted by Crippen LogP contribution is 2.28. The Morgan fingerprint density at radius 3 is 2.89 bits per heavy atom. The van der Waals surface area contributed by atoms with Gasteiger partial charge in [0.25, 0.3) is 0 Å². The molecule has 0 radical (unpaired) electrons. The van der Waals surface area contributed by atoms with Crippen LogP contribution in [0.15, 0.2) is 10.5 Å². The van der Waals surface area contributed by atoms with Crippen LogP contribution < -0.4 is 5.32 Å². The van der Waals surface area contributed by atoms with Gasteiger partial charge >= 0.3 is 0 Å². The Labute approximate surface area is 113 Å². The first-order chi connectivity index (χ1) is 8.52. The third-order valence-corrected chi connectivity index (χ3v) is 4.38. The lowest BCUT2D eigenvalue weighted by atomic mass is 9.93. The van der Waals surface area contributed by atoms with E-state index in [1.54, 1.807) is 11.3 Å². The zero-order valence-corrected chi connectivity index (χ0v) is 12.5. The van der Waals surface area contributed by atoms with Crippen molar-refractivity contribution in [2.24, 2.45) is 10.4 Å². The molecule has 0 bridgehead atoms. The Bertz CT molecular complexity index is 436. The van der Waals surface area contributed by atoms with E-state index in [0.29, 0.717) is 5.41 Å². The molecule has 5 heteroatoms. The van der Waals surface area contributed by atoms with Gasteiger partial charge in [-0.15, -0.1) is 11.3 Å². The van der Waals surface area contributed by atoms with Crippen molar-refractivity contribution in [3.63, 3.8) is 0 Å². The minimum absolute atomic E-state index is 0.401. The molecule has 2 heterocycles. The van der Waals surface area contributed by atoms with Crippen LogP contribution in [-0.2, 0) is 6.54 Å². The lowest BCUT2D eigenvalue weighted by Gasteiger charge is -2.23. The van der Waals surface area contributed by atoms with Crippen molar-refractivity contribution in [3.05, 3.63) is 16.1 Å². The number of rotatable bonds is 2. The summed E-state index contributed by atoms with van der Waals surface area (Å²) in [6.45, 7) is 9.67. The van der Waals surface area contributed by atoms with E-state index in [1.165, 1.54) is 11.3 Å². The number of hydrogen-bond donors (Lipinski definition) is 1. The van der Waals surface area contributed by atoms with Crippen LogP contribution in [0.1, 0.15) is 30.8 Å². The number of likely N-dealkylation sites (tertiary alicyclic amines) is 1. The van der Waals surface area contributed by atoms with Crippen LogP contribution >= 0.6 is 11.3 Å². The normalized spacial score (nSPS) is 19.3. The topological polar surface area (TPSA) is 40.5 Å². The van der Waals surface area contributed by atoms with Crippen molar-refractivity contribution in [2.45, 2.75) is 33.7 Å². The third-order valence-electron chi connectivity index (χ3n) is 3.44. The van der Waals surface area contributed by atoms with E-state index < -0.39 is 0 Å². The van der Waals surface area contributed by atoms with Gasteiger partial charge in [0.05, 0.1) is 17.7 Å². The quantitative estimate of drug-likeness (QED) is 0.659. The van der Waals surface area contributed by atoms with Crippen molar-refractivity contribution < 1.29 is 0 Å². The molecule has 1 N–H and O–H groups in total. The molecule has 100 valence electrons. The smallest absolute Gasteiger partial charge is 0.193 e. The molecule has 0 spiro atoms. The molecule has 0 aromatic carbocycles. The monoisotopic (exact) mass is 266 g/mol. The molecule has 1 aliphatic rings. The average molecular weight is 266 g/mol. The molecule has 1 fully saturated rings. The van der Waals surface area contributed by atoms with Crippen molar-refractivity contribution in [1.29, 1.82) is 0 Å². The van der Waals surface area contributed by atoms with Crippen LogP contribution in [0.2, 0.25) is 0 Å². The van der Waals surface area contributed by atoms with Crippen molar-refractivity contribution in [2.75, 3.05) is 20.1 Å². The van der Waals surface area contributed by atoms with Gasteiger partial charge in [-0.3, -0.25) is 4.99 Å². The largest absolute Gasteiger partial charge is 0.351 e. The maximum absolute atomic E-state index is 4.38. The highest BCUT2D eigenvalue weighted by atomic mass is 32.1. The Kier molecular flexibility index (Phi) is 3.90. The van der Waals surface area contributed by atoms with E-state index in [2.05, 4.69) is 41.0 Å². The summed E-state index contributed by atoms with van der Waals surface area (Å²) in [6, 6.07) is 0. The summed E-state index contributed by atoms with van der Waals surface area (Å²) >= 11 is 1.70. The average Bonchev–Trinajstić information content (AvgIpc) is 2.87. The van der Waals surface area contributed by atoms with Gasteiger partial charge in [-0.1, -0.05) is 13.8 Å². The first kappa shape index (κ1) is 13.3. The second-order valence-electron chi connectivity index (χ2n) is 5.60. The number of aryl methyl sites for hydroxylation is 1. The van der Waals surface area contributed by atoms with E-state index >= 15 is 0 Å². The second kappa shape index (κ2) is 5.26. The lowest BCUT2D eigenvalue weighted by molar-refractivity contribution is 0.370. The van der Waals surface area contributed by atoms with Gasteiger partial charge in [0.15, 0.2) is 5.96 Å². The van der Waals surface area contributed by atoms with Crippen LogP contribution in [0.25, 0.3) is 0 Å². The Morgan fingerprint density at radius 1 is 1.61 bits per heavy atom. The summed E-state index contributed by atoms with van der Waals surface area (Å²) in [5, 5.41) is 3.44. The van der Waals surface area contributed by atoms with Gasteiger partial charge in [-0.2, -0.15) is 0 Å². The molecular formula is C13H22N4S. The Balaban J connectivity index is 1.93. The van der Waals surface area contributed by atoms with Gasteiger partial charge < -0.3 is 10.2 Å². The Morgan fingerprint density at radius 2 is 2.39 bits per heavy atom. The summed E-state index contributed by atoms with van der Waals surface area (Å²) in [5.74, 6) is 1.01. The fraction of sp³-hybridized carbons (Fsp3) is 0.692. The lowest BCUT2D eigenvalue weighted by Crippen LogP contribution is -2.40. The van der Waals surface area contributed by atoms with Crippen LogP contribution in [0.4, 0.5) is 0 Å². The summed E-state index contributed by atoms with van der Waals surface area (Å²) in [6.07, 6.45) is 1.23. The predicted octanol–water partition coefficient (Wildman–Crippen LogP) is 2.26. The summed E-state index contributed by atoms with van der Waals surface area (Å²) in [5.41, 5.74) is 3.41. The maximum atomic E-state index is 4.38. The molecule has 0 amide bonds. The molecule has 1 saturated heterocycles. The molecular weight excluding hydrogens is 244 g/mol. The number of guanidine groups is 1. The SMILES string of the molecule is CN=C(NCc1scnc1C)N1CCC(C)(C)C1. The standard InChI is InChI=1S/C13H22N4S/c1-10-11(18-9-16-10)7-15-12(14-4)17-6-5-13(2,3)8-17/h9H,5-8H2,1-4H3,(H,14,15). The predicted molar refractivity (Wildman–Crippen MR) is 77.0 cm³/mol. The zero-order valence-electron chi connectivity index (χ0n) is 11.7. The highest BCUT2D eigenvalue weighted by molar-refractivity contribution is 7.09. The van der Waals surface area contributed by atoms with Crippen LogP contribution in [0, 0.1) is 12.3 Å². The van der Waals surface area contributed by atoms with E-state index in [4.69, 9.17) is 0 Å². The van der Waals surface area contributed by atoms with Crippen molar-refractivity contribution in [1.82, 2.24) is 15.2 Å². The molecule has 2 rings (SSSR count). The van der Waals surface area contributed by atoms with Gasteiger partial charge in [0, 0.05) is 25.0 Å². The molecule has 4 nitrogen and oxygen atoms in total. The first-order valence-corrected chi connectivity index (χ1v) is 7.24. The van der Waals surface area contributed by atoms with Crippen molar-refractivity contribution in [3.8, 4) is 0 Å². The number of aromatic nitrogens is 1. The molecule has 1 aliphatic heterocycles. The van der Waals surface area contributed by atoms with Crippen LogP contribution in [-0.4, -0.2) is 36.0 Å². The van der Waals surface area contributed by atoms with E-state index in [1.807, 2.05) is 12.6 Å². The molecule has 18 heavy (non-hydrogen) atoms. The molecule has 0 unspecified atom stereocenters. The Hall–Kier alpha value is -1.10. The van der Waals surface area contributed by atoms with Crippen molar-refractivity contribution >= 4 is 17.3 Å². The van der Waals surface area contributed by atoms with E-state index in [9.17, 15) is 0 Å². The molecule has 1 aromatic rings. The van der Waals surface area contributed by atoms with Gasteiger partial charge in [0.1, 0.15) is 0 Å². The van der Waals surface area contributed by atoms with Crippen LogP contribution in [0.3, 0.4) is 0 Å². The molecule has 0 aliphatic carbocycles. The number of aliphatic imine (C=N–C) groups is 1. The number of nitrogens with one attached hydrogen (secondary N) is 1. The number of thiazole rings is 1. The first-order valence-electron chi connectivity index (χ1n) is 6.36. The molecule has 0 atom stereocenters. The number of hydrogen-bond acceptors (Lipinski definition) is 3. The van der Waals surface area contributed by atoms with Crippen LogP contribution in [0.5, 0.6) is 0 Å². The fourth-order valence-corrected chi connectivity index (χ4v) is 3.00. The zero-order chi connectivity index (χ0) is 13.2. The number of nitrogens with zero attached hydrogens (tertiary/aromatic N) is 3. The van der Waals surface area contributed by atoms with Gasteiger partial charge in [0.2, 0.25) is 0 Å². The summed E-state index contributed by atoms with van der Waals surface area (Å²) in [7, 11) is 1.85.